The van der Waals surface area contributed by atoms with Crippen LogP contribution in [0.5, 0.6) is 11.5 Å². The summed E-state index contributed by atoms with van der Waals surface area (Å²) in [5.41, 5.74) is 1.45. The zero-order chi connectivity index (χ0) is 22.0. The number of nitrogens with zero attached hydrogens (tertiary/aromatic N) is 2. The van der Waals surface area contributed by atoms with Crippen molar-refractivity contribution in [3.63, 3.8) is 0 Å². The van der Waals surface area contributed by atoms with Crippen molar-refractivity contribution in [1.82, 2.24) is 9.80 Å². The first-order valence-corrected chi connectivity index (χ1v) is 10.9. The van der Waals surface area contributed by atoms with Crippen LogP contribution in [0.1, 0.15) is 34.7 Å². The van der Waals surface area contributed by atoms with Crippen LogP contribution in [0.4, 0.5) is 0 Å². The minimum atomic E-state index is -0.316. The predicted octanol–water partition coefficient (Wildman–Crippen LogP) is 3.84. The van der Waals surface area contributed by atoms with Crippen molar-refractivity contribution in [3.05, 3.63) is 58.6 Å². The van der Waals surface area contributed by atoms with E-state index in [2.05, 4.69) is 0 Å². The van der Waals surface area contributed by atoms with Crippen LogP contribution in [-0.4, -0.2) is 62.0 Å². The van der Waals surface area contributed by atoms with Crippen molar-refractivity contribution in [2.24, 2.45) is 5.92 Å². The molecule has 7 heteroatoms. The fourth-order valence-corrected chi connectivity index (χ4v) is 4.83. The Hall–Kier alpha value is -2.73. The highest BCUT2D eigenvalue weighted by Gasteiger charge is 2.43. The quantitative estimate of drug-likeness (QED) is 0.706. The number of ether oxygens (including phenoxy) is 2. The van der Waals surface area contributed by atoms with Crippen LogP contribution >= 0.6 is 11.6 Å². The van der Waals surface area contributed by atoms with Gasteiger partial charge in [0.1, 0.15) is 11.5 Å². The smallest absolute Gasteiger partial charge is 0.253 e. The third kappa shape index (κ3) is 4.35. The molecule has 2 saturated heterocycles. The lowest BCUT2D eigenvalue weighted by atomic mass is 9.87. The van der Waals surface area contributed by atoms with Crippen molar-refractivity contribution in [1.29, 1.82) is 0 Å². The Morgan fingerprint density at radius 1 is 0.968 bits per heavy atom. The van der Waals surface area contributed by atoms with E-state index in [1.807, 2.05) is 23.1 Å². The summed E-state index contributed by atoms with van der Waals surface area (Å²) in [6, 6.07) is 12.6. The van der Waals surface area contributed by atoms with E-state index in [1.165, 1.54) is 0 Å². The molecule has 0 saturated carbocycles. The number of carbonyl (C=O) groups excluding carboxylic acids is 2. The minimum absolute atomic E-state index is 0.113. The molecule has 2 aliphatic heterocycles. The second-order valence-corrected chi connectivity index (χ2v) is 8.51. The number of carbonyl (C=O) groups is 2. The molecule has 2 fully saturated rings. The van der Waals surface area contributed by atoms with Crippen molar-refractivity contribution in [2.45, 2.75) is 18.8 Å². The van der Waals surface area contributed by atoms with Crippen LogP contribution in [0.2, 0.25) is 5.02 Å². The van der Waals surface area contributed by atoms with Gasteiger partial charge < -0.3 is 19.3 Å². The highest BCUT2D eigenvalue weighted by molar-refractivity contribution is 6.30. The van der Waals surface area contributed by atoms with Gasteiger partial charge in [0.15, 0.2) is 0 Å². The second kappa shape index (κ2) is 9.18. The van der Waals surface area contributed by atoms with Gasteiger partial charge in [-0.1, -0.05) is 23.7 Å². The summed E-state index contributed by atoms with van der Waals surface area (Å²) in [4.78, 5) is 30.3. The molecule has 164 valence electrons. The standard InChI is InChI=1S/C24H27ClN2O4/c1-30-18-8-9-19(22(13-18)31-2)20-14-27(23(28)16-6-5-7-17(25)12-16)15-21(20)24(29)26-10-3-4-11-26/h5-9,12-13,20-21H,3-4,10-11,14-15H2,1-2H3. The van der Waals surface area contributed by atoms with Crippen LogP contribution in [0.3, 0.4) is 0 Å². The predicted molar refractivity (Wildman–Crippen MR) is 119 cm³/mol. The molecule has 0 aromatic heterocycles. The van der Waals surface area contributed by atoms with E-state index < -0.39 is 0 Å². The summed E-state index contributed by atoms with van der Waals surface area (Å²) in [5, 5.41) is 0.517. The molecule has 2 aliphatic rings. The highest BCUT2D eigenvalue weighted by Crippen LogP contribution is 2.40. The SMILES string of the molecule is COc1ccc(C2CN(C(=O)c3cccc(Cl)c3)CC2C(=O)N2CCCC2)c(OC)c1. The first-order chi connectivity index (χ1) is 15.0. The maximum atomic E-state index is 13.4. The number of benzene rings is 2. The number of amides is 2. The van der Waals surface area contributed by atoms with E-state index in [4.69, 9.17) is 21.1 Å². The molecule has 0 aliphatic carbocycles. The van der Waals surface area contributed by atoms with Crippen molar-refractivity contribution in [2.75, 3.05) is 40.4 Å². The van der Waals surface area contributed by atoms with Crippen LogP contribution in [0.15, 0.2) is 42.5 Å². The van der Waals surface area contributed by atoms with E-state index in [9.17, 15) is 9.59 Å². The average Bonchev–Trinajstić information content (AvgIpc) is 3.48. The Morgan fingerprint density at radius 3 is 2.42 bits per heavy atom. The first kappa shape index (κ1) is 21.5. The summed E-state index contributed by atoms with van der Waals surface area (Å²) in [7, 11) is 3.22. The second-order valence-electron chi connectivity index (χ2n) is 8.07. The van der Waals surface area contributed by atoms with Gasteiger partial charge >= 0.3 is 0 Å². The van der Waals surface area contributed by atoms with Gasteiger partial charge in [0, 0.05) is 54.3 Å². The zero-order valence-corrected chi connectivity index (χ0v) is 18.6. The van der Waals surface area contributed by atoms with E-state index in [-0.39, 0.29) is 23.7 Å². The fourth-order valence-electron chi connectivity index (χ4n) is 4.64. The van der Waals surface area contributed by atoms with Crippen LogP contribution in [0, 0.1) is 5.92 Å². The van der Waals surface area contributed by atoms with Gasteiger partial charge in [-0.25, -0.2) is 0 Å². The largest absolute Gasteiger partial charge is 0.497 e. The lowest BCUT2D eigenvalue weighted by molar-refractivity contribution is -0.134. The summed E-state index contributed by atoms with van der Waals surface area (Å²) in [5.74, 6) is 0.882. The average molecular weight is 443 g/mol. The van der Waals surface area contributed by atoms with Crippen molar-refractivity contribution < 1.29 is 19.1 Å². The van der Waals surface area contributed by atoms with Crippen molar-refractivity contribution >= 4 is 23.4 Å². The molecule has 6 nitrogen and oxygen atoms in total. The molecule has 2 unspecified atom stereocenters. The Labute approximate surface area is 187 Å². The fraction of sp³-hybridized carbons (Fsp3) is 0.417. The number of rotatable bonds is 5. The molecule has 2 aromatic rings. The molecule has 4 rings (SSSR count). The topological polar surface area (TPSA) is 59.1 Å². The summed E-state index contributed by atoms with van der Waals surface area (Å²) < 4.78 is 11.0. The van der Waals surface area contributed by atoms with E-state index in [1.54, 1.807) is 43.4 Å². The van der Waals surface area contributed by atoms with Gasteiger partial charge in [0.2, 0.25) is 5.91 Å². The highest BCUT2D eigenvalue weighted by atomic mass is 35.5. The van der Waals surface area contributed by atoms with Gasteiger partial charge in [-0.05, 0) is 37.1 Å². The third-order valence-electron chi connectivity index (χ3n) is 6.25. The summed E-state index contributed by atoms with van der Waals surface area (Å²) in [6.45, 7) is 2.38. The molecule has 2 aromatic carbocycles. The maximum Gasteiger partial charge on any atom is 0.253 e. The van der Waals surface area contributed by atoms with E-state index in [0.29, 0.717) is 35.2 Å². The lowest BCUT2D eigenvalue weighted by Crippen LogP contribution is -2.37. The first-order valence-electron chi connectivity index (χ1n) is 10.6. The normalized spacial score (nSPS) is 20.7. The van der Waals surface area contributed by atoms with Gasteiger partial charge in [-0.2, -0.15) is 0 Å². The Bertz CT molecular complexity index is 974. The molecular formula is C24H27ClN2O4. The van der Waals surface area contributed by atoms with Crippen LogP contribution in [0.25, 0.3) is 0 Å². The molecule has 0 N–H and O–H groups in total. The lowest BCUT2D eigenvalue weighted by Gasteiger charge is -2.25. The maximum absolute atomic E-state index is 13.4. The molecule has 2 amide bonds. The van der Waals surface area contributed by atoms with E-state index in [0.717, 1.165) is 31.5 Å². The molecule has 2 heterocycles. The van der Waals surface area contributed by atoms with Gasteiger partial charge in [-0.3, -0.25) is 9.59 Å². The zero-order valence-electron chi connectivity index (χ0n) is 17.8. The van der Waals surface area contributed by atoms with Crippen LogP contribution in [-0.2, 0) is 4.79 Å². The number of hydrogen-bond acceptors (Lipinski definition) is 4. The Kier molecular flexibility index (Phi) is 6.37. The van der Waals surface area contributed by atoms with Crippen LogP contribution < -0.4 is 9.47 Å². The Balaban J connectivity index is 1.67. The molecule has 31 heavy (non-hydrogen) atoms. The van der Waals surface area contributed by atoms with Gasteiger partial charge in [0.25, 0.3) is 5.91 Å². The molecular weight excluding hydrogens is 416 g/mol. The monoisotopic (exact) mass is 442 g/mol. The Morgan fingerprint density at radius 2 is 1.74 bits per heavy atom. The number of methoxy groups -OCH3 is 2. The molecule has 0 spiro atoms. The molecule has 0 bridgehead atoms. The molecule has 0 radical (unpaired) electrons. The van der Waals surface area contributed by atoms with Crippen molar-refractivity contribution in [3.8, 4) is 11.5 Å². The van der Waals surface area contributed by atoms with E-state index >= 15 is 0 Å². The number of likely N-dealkylation sites (tertiary alicyclic amines) is 2. The third-order valence-corrected chi connectivity index (χ3v) is 6.49. The van der Waals surface area contributed by atoms with Gasteiger partial charge in [-0.15, -0.1) is 0 Å². The summed E-state index contributed by atoms with van der Waals surface area (Å²) in [6.07, 6.45) is 2.06. The number of halogens is 1. The minimum Gasteiger partial charge on any atom is -0.497 e. The summed E-state index contributed by atoms with van der Waals surface area (Å²) >= 11 is 6.09. The molecule has 2 atom stereocenters. The van der Waals surface area contributed by atoms with Gasteiger partial charge in [0.05, 0.1) is 20.1 Å². The number of hydrogen-bond donors (Lipinski definition) is 0.